The van der Waals surface area contributed by atoms with Crippen LogP contribution in [-0.2, 0) is 4.79 Å². The highest BCUT2D eigenvalue weighted by Crippen LogP contribution is 2.46. The van der Waals surface area contributed by atoms with E-state index < -0.39 is 47.9 Å². The summed E-state index contributed by atoms with van der Waals surface area (Å²) in [6.07, 6.45) is -4.51. The van der Waals surface area contributed by atoms with Crippen molar-refractivity contribution in [2.75, 3.05) is 13.1 Å². The molecule has 1 aromatic carbocycles. The summed E-state index contributed by atoms with van der Waals surface area (Å²) in [5, 5.41) is 24.1. The number of para-hydroxylation sites is 2. The van der Waals surface area contributed by atoms with Crippen molar-refractivity contribution < 1.29 is 32.8 Å². The summed E-state index contributed by atoms with van der Waals surface area (Å²) < 4.78 is 40.8. The molecule has 1 N–H and O–H groups in total. The van der Waals surface area contributed by atoms with E-state index in [2.05, 4.69) is 5.10 Å². The zero-order chi connectivity index (χ0) is 20.7. The van der Waals surface area contributed by atoms with E-state index >= 15 is 0 Å². The molecule has 0 bridgehead atoms. The summed E-state index contributed by atoms with van der Waals surface area (Å²) in [6.45, 7) is -1.42. The number of alkyl halides is 3. The van der Waals surface area contributed by atoms with Crippen LogP contribution in [-0.4, -0.2) is 55.9 Å². The van der Waals surface area contributed by atoms with E-state index in [0.717, 1.165) is 9.58 Å². The Bertz CT molecular complexity index is 958. The molecule has 1 atom stereocenters. The van der Waals surface area contributed by atoms with Crippen LogP contribution < -0.4 is 0 Å². The first-order valence-electron chi connectivity index (χ1n) is 7.96. The van der Waals surface area contributed by atoms with Gasteiger partial charge in [-0.05, 0) is 18.6 Å². The summed E-state index contributed by atoms with van der Waals surface area (Å²) in [6, 6.07) is 6.81. The molecule has 148 valence electrons. The van der Waals surface area contributed by atoms with Crippen molar-refractivity contribution in [3.63, 3.8) is 0 Å². The number of aromatic nitrogens is 2. The first-order chi connectivity index (χ1) is 13.1. The Morgan fingerprint density at radius 2 is 1.93 bits per heavy atom. The van der Waals surface area contributed by atoms with E-state index in [9.17, 15) is 32.9 Å². The number of hydrogen-bond acceptors (Lipinski definition) is 5. The number of carboxylic acids is 1. The molecule has 1 aliphatic rings. The van der Waals surface area contributed by atoms with E-state index in [1.165, 1.54) is 36.5 Å². The average molecular weight is 398 g/mol. The normalized spacial score (nSPS) is 19.6. The van der Waals surface area contributed by atoms with Gasteiger partial charge >= 0.3 is 12.1 Å². The lowest BCUT2D eigenvalue weighted by Crippen LogP contribution is -2.47. The zero-order valence-electron chi connectivity index (χ0n) is 14.1. The molecule has 1 saturated heterocycles. The van der Waals surface area contributed by atoms with E-state index in [-0.39, 0.29) is 17.1 Å². The van der Waals surface area contributed by atoms with E-state index in [1.807, 2.05) is 0 Å². The van der Waals surface area contributed by atoms with Gasteiger partial charge in [-0.3, -0.25) is 19.7 Å². The van der Waals surface area contributed by atoms with Gasteiger partial charge in [-0.15, -0.1) is 0 Å². The van der Waals surface area contributed by atoms with Gasteiger partial charge in [0.25, 0.3) is 11.6 Å². The summed E-state index contributed by atoms with van der Waals surface area (Å²) in [4.78, 5) is 35.0. The number of aliphatic carboxylic acids is 1. The summed E-state index contributed by atoms with van der Waals surface area (Å²) in [7, 11) is 0. The SMILES string of the molecule is O=C(c1ccn(-c2ccccc2[N+](=O)[O-])n1)N1CCC(C(=O)O)(C(F)(F)F)C1. The van der Waals surface area contributed by atoms with Crippen molar-refractivity contribution in [1.29, 1.82) is 0 Å². The molecule has 9 nitrogen and oxygen atoms in total. The Kier molecular flexibility index (Phi) is 4.57. The predicted molar refractivity (Wildman–Crippen MR) is 86.9 cm³/mol. The molecule has 0 saturated carbocycles. The lowest BCUT2D eigenvalue weighted by Gasteiger charge is -2.27. The first-order valence-corrected chi connectivity index (χ1v) is 7.96. The van der Waals surface area contributed by atoms with Crippen LogP contribution in [0, 0.1) is 15.5 Å². The maximum Gasteiger partial charge on any atom is 0.406 e. The van der Waals surface area contributed by atoms with Crippen molar-refractivity contribution in [3.05, 3.63) is 52.3 Å². The van der Waals surface area contributed by atoms with E-state index in [4.69, 9.17) is 5.11 Å². The molecule has 1 aliphatic heterocycles. The Hall–Kier alpha value is -3.44. The standard InChI is InChI=1S/C16H13F3N4O5/c17-16(18,19)15(14(25)26)6-8-21(9-15)13(24)10-5-7-22(20-10)11-3-1-2-4-12(11)23(27)28/h1-5,7H,6,8-9H2,(H,25,26). The molecule has 2 heterocycles. The molecule has 12 heteroatoms. The lowest BCUT2D eigenvalue weighted by molar-refractivity contribution is -0.384. The molecular formula is C16H13F3N4O5. The monoisotopic (exact) mass is 398 g/mol. The number of nitrogens with zero attached hydrogens (tertiary/aromatic N) is 4. The number of hydrogen-bond donors (Lipinski definition) is 1. The molecule has 2 aromatic rings. The summed E-state index contributed by atoms with van der Waals surface area (Å²) in [5.41, 5.74) is -3.47. The minimum absolute atomic E-state index is 0.0724. The smallest absolute Gasteiger partial charge is 0.406 e. The Balaban J connectivity index is 1.87. The fourth-order valence-corrected chi connectivity index (χ4v) is 3.06. The van der Waals surface area contributed by atoms with Crippen LogP contribution >= 0.6 is 0 Å². The number of nitro groups is 1. The third kappa shape index (κ3) is 3.06. The number of halogens is 3. The maximum atomic E-state index is 13.2. The van der Waals surface area contributed by atoms with Gasteiger partial charge in [0.15, 0.2) is 11.1 Å². The highest BCUT2D eigenvalue weighted by molar-refractivity contribution is 5.93. The molecule has 1 amide bonds. The van der Waals surface area contributed by atoms with E-state index in [1.54, 1.807) is 0 Å². The predicted octanol–water partition coefficient (Wildman–Crippen LogP) is 2.26. The minimum Gasteiger partial charge on any atom is -0.481 e. The highest BCUT2D eigenvalue weighted by atomic mass is 19.4. The summed E-state index contributed by atoms with van der Waals surface area (Å²) in [5.74, 6) is -2.93. The topological polar surface area (TPSA) is 119 Å². The number of amides is 1. The van der Waals surface area contributed by atoms with Gasteiger partial charge in [0.2, 0.25) is 0 Å². The van der Waals surface area contributed by atoms with Crippen molar-refractivity contribution in [2.45, 2.75) is 12.6 Å². The number of carbonyl (C=O) groups is 2. The van der Waals surface area contributed by atoms with Crippen LogP contribution in [0.25, 0.3) is 5.69 Å². The highest BCUT2D eigenvalue weighted by Gasteiger charge is 2.64. The molecule has 1 fully saturated rings. The van der Waals surface area contributed by atoms with Gasteiger partial charge in [0.1, 0.15) is 5.69 Å². The molecular weight excluding hydrogens is 385 g/mol. The van der Waals surface area contributed by atoms with Crippen LogP contribution in [0.5, 0.6) is 0 Å². The van der Waals surface area contributed by atoms with E-state index in [0.29, 0.717) is 0 Å². The van der Waals surface area contributed by atoms with Crippen LogP contribution in [0.1, 0.15) is 16.9 Å². The van der Waals surface area contributed by atoms with Crippen molar-refractivity contribution >= 4 is 17.6 Å². The number of benzene rings is 1. The molecule has 1 aromatic heterocycles. The van der Waals surface area contributed by atoms with Crippen molar-refractivity contribution in [1.82, 2.24) is 14.7 Å². The first kappa shape index (κ1) is 19.3. The zero-order valence-corrected chi connectivity index (χ0v) is 14.1. The van der Waals surface area contributed by atoms with Gasteiger partial charge in [-0.2, -0.15) is 18.3 Å². The Labute approximate surface area is 155 Å². The molecule has 0 spiro atoms. The third-order valence-corrected chi connectivity index (χ3v) is 4.64. The van der Waals surface area contributed by atoms with Gasteiger partial charge in [0.05, 0.1) is 4.92 Å². The number of rotatable bonds is 4. The summed E-state index contributed by atoms with van der Waals surface area (Å²) >= 11 is 0. The molecule has 0 radical (unpaired) electrons. The largest absolute Gasteiger partial charge is 0.481 e. The second kappa shape index (κ2) is 6.62. The van der Waals surface area contributed by atoms with Gasteiger partial charge < -0.3 is 10.0 Å². The maximum absolute atomic E-state index is 13.2. The fourth-order valence-electron chi connectivity index (χ4n) is 3.06. The lowest BCUT2D eigenvalue weighted by atomic mass is 9.86. The molecule has 0 aliphatic carbocycles. The number of likely N-dealkylation sites (tertiary alicyclic amines) is 1. The van der Waals surface area contributed by atoms with Crippen LogP contribution in [0.2, 0.25) is 0 Å². The average Bonchev–Trinajstić information content (AvgIpc) is 3.29. The van der Waals surface area contributed by atoms with Gasteiger partial charge in [-0.25, -0.2) is 4.68 Å². The fraction of sp³-hybridized carbons (Fsp3) is 0.312. The van der Waals surface area contributed by atoms with Gasteiger partial charge in [0, 0.05) is 25.4 Å². The van der Waals surface area contributed by atoms with Crippen LogP contribution in [0.15, 0.2) is 36.5 Å². The molecule has 28 heavy (non-hydrogen) atoms. The number of carboxylic acid groups (broad SMARTS) is 1. The second-order valence-corrected chi connectivity index (χ2v) is 6.25. The van der Waals surface area contributed by atoms with Crippen molar-refractivity contribution in [2.24, 2.45) is 5.41 Å². The molecule has 3 rings (SSSR count). The Morgan fingerprint density at radius 3 is 2.50 bits per heavy atom. The molecule has 1 unspecified atom stereocenters. The van der Waals surface area contributed by atoms with Crippen LogP contribution in [0.4, 0.5) is 18.9 Å². The minimum atomic E-state index is -5.02. The van der Waals surface area contributed by atoms with Crippen molar-refractivity contribution in [3.8, 4) is 5.69 Å². The van der Waals surface area contributed by atoms with Crippen LogP contribution in [0.3, 0.4) is 0 Å². The van der Waals surface area contributed by atoms with Gasteiger partial charge in [-0.1, -0.05) is 12.1 Å². The Morgan fingerprint density at radius 1 is 1.25 bits per heavy atom. The number of carbonyl (C=O) groups excluding carboxylic acids is 1. The second-order valence-electron chi connectivity index (χ2n) is 6.25. The third-order valence-electron chi connectivity index (χ3n) is 4.64. The quantitative estimate of drug-likeness (QED) is 0.623. The number of nitro benzene ring substituents is 1.